The van der Waals surface area contributed by atoms with Crippen LogP contribution in [0.5, 0.6) is 23.0 Å². The molecule has 0 saturated heterocycles. The molecule has 7 nitrogen and oxygen atoms in total. The molecule has 44 heavy (non-hydrogen) atoms. The van der Waals surface area contributed by atoms with Crippen LogP contribution in [0.15, 0.2) is 140 Å². The lowest BCUT2D eigenvalue weighted by atomic mass is 9.95. The van der Waals surface area contributed by atoms with Crippen LogP contribution in [0.4, 0.5) is 0 Å². The first-order chi connectivity index (χ1) is 21.8. The minimum atomic E-state index is 0.540. The second kappa shape index (κ2) is 10.9. The number of fused-ring (bicyclic) bond motifs is 2. The number of ether oxygens (including phenoxy) is 2. The van der Waals surface area contributed by atoms with Gasteiger partial charge < -0.3 is 9.47 Å². The van der Waals surface area contributed by atoms with Gasteiger partial charge in [-0.05, 0) is 53.6 Å². The summed E-state index contributed by atoms with van der Waals surface area (Å²) in [5, 5.41) is 0. The van der Waals surface area contributed by atoms with E-state index < -0.39 is 0 Å². The maximum Gasteiger partial charge on any atom is 0.170 e. The third-order valence-electron chi connectivity index (χ3n) is 7.37. The lowest BCUT2D eigenvalue weighted by Crippen LogP contribution is -2.02. The average molecular weight is 570 g/mol. The monoisotopic (exact) mass is 569 g/mol. The van der Waals surface area contributed by atoms with E-state index in [0.29, 0.717) is 40.5 Å². The predicted molar refractivity (Wildman–Crippen MR) is 169 cm³/mol. The molecule has 8 rings (SSSR count). The van der Waals surface area contributed by atoms with Crippen molar-refractivity contribution in [3.8, 4) is 79.4 Å². The van der Waals surface area contributed by atoms with E-state index in [1.807, 2.05) is 128 Å². The minimum absolute atomic E-state index is 0.540. The van der Waals surface area contributed by atoms with Crippen LogP contribution in [0.25, 0.3) is 56.4 Å². The summed E-state index contributed by atoms with van der Waals surface area (Å²) < 4.78 is 12.9. The predicted octanol–water partition coefficient (Wildman–Crippen LogP) is 8.89. The Morgan fingerprint density at radius 2 is 0.818 bits per heavy atom. The second-order valence-electron chi connectivity index (χ2n) is 10.2. The summed E-state index contributed by atoms with van der Waals surface area (Å²) in [4.78, 5) is 23.2. The fourth-order valence-corrected chi connectivity index (χ4v) is 5.23. The van der Waals surface area contributed by atoms with E-state index in [0.717, 1.165) is 38.9 Å². The van der Waals surface area contributed by atoms with E-state index in [1.54, 1.807) is 12.4 Å². The van der Waals surface area contributed by atoms with E-state index >= 15 is 0 Å². The summed E-state index contributed by atoms with van der Waals surface area (Å²) in [5.41, 5.74) is 6.47. The summed E-state index contributed by atoms with van der Waals surface area (Å²) in [6.07, 6.45) is 7.20. The number of hydrogen-bond donors (Lipinski definition) is 0. The van der Waals surface area contributed by atoms with E-state index in [1.165, 1.54) is 0 Å². The largest absolute Gasteiger partial charge is 0.449 e. The zero-order chi connectivity index (χ0) is 29.3. The van der Waals surface area contributed by atoms with Crippen LogP contribution in [0, 0.1) is 0 Å². The summed E-state index contributed by atoms with van der Waals surface area (Å²) in [7, 11) is 0. The van der Waals surface area contributed by atoms with Gasteiger partial charge in [-0.3, -0.25) is 9.97 Å². The molecule has 4 heterocycles. The highest BCUT2D eigenvalue weighted by molar-refractivity contribution is 5.86. The molecule has 1 aliphatic rings. The summed E-state index contributed by atoms with van der Waals surface area (Å²) in [6, 6.07) is 37.5. The van der Waals surface area contributed by atoms with Crippen molar-refractivity contribution in [3.05, 3.63) is 140 Å². The normalized spacial score (nSPS) is 11.5. The number of benzene rings is 4. The number of nitrogens with zero attached hydrogens (tertiary/aromatic N) is 5. The molecule has 0 bridgehead atoms. The molecule has 0 atom stereocenters. The van der Waals surface area contributed by atoms with Gasteiger partial charge in [0.05, 0.1) is 0 Å². The van der Waals surface area contributed by atoms with Gasteiger partial charge in [-0.25, -0.2) is 15.0 Å². The zero-order valence-corrected chi connectivity index (χ0v) is 23.3. The fourth-order valence-electron chi connectivity index (χ4n) is 5.23. The van der Waals surface area contributed by atoms with E-state index in [-0.39, 0.29) is 0 Å². The number of aromatic nitrogens is 5. The van der Waals surface area contributed by atoms with Crippen molar-refractivity contribution in [1.29, 1.82) is 0 Å². The molecule has 0 radical (unpaired) electrons. The van der Waals surface area contributed by atoms with E-state index in [2.05, 4.69) is 9.97 Å². The van der Waals surface area contributed by atoms with Crippen LogP contribution < -0.4 is 9.47 Å². The van der Waals surface area contributed by atoms with Gasteiger partial charge in [0.25, 0.3) is 0 Å². The SMILES string of the molecule is c1ccc(-c2nc(-c3ccccc3)nc(-c3ccc4c(c3)Oc3cc(-c5cccnc5)c(-c5cccnc5)cc3O4)n2)cc1. The van der Waals surface area contributed by atoms with Crippen LogP contribution >= 0.6 is 0 Å². The average Bonchev–Trinajstić information content (AvgIpc) is 3.11. The van der Waals surface area contributed by atoms with Gasteiger partial charge in [0, 0.05) is 52.6 Å². The number of hydrogen-bond acceptors (Lipinski definition) is 7. The van der Waals surface area contributed by atoms with Crippen LogP contribution in [-0.4, -0.2) is 24.9 Å². The van der Waals surface area contributed by atoms with E-state index in [9.17, 15) is 0 Å². The Bertz CT molecular complexity index is 2050. The van der Waals surface area contributed by atoms with Gasteiger partial charge in [0.2, 0.25) is 0 Å². The molecule has 0 unspecified atom stereocenters. The van der Waals surface area contributed by atoms with Crippen molar-refractivity contribution in [2.45, 2.75) is 0 Å². The van der Waals surface area contributed by atoms with Gasteiger partial charge in [-0.1, -0.05) is 72.8 Å². The molecule has 4 aromatic carbocycles. The first-order valence-electron chi connectivity index (χ1n) is 14.1. The zero-order valence-electron chi connectivity index (χ0n) is 23.3. The molecule has 3 aromatic heterocycles. The van der Waals surface area contributed by atoms with Gasteiger partial charge in [-0.15, -0.1) is 0 Å². The van der Waals surface area contributed by atoms with Crippen molar-refractivity contribution >= 4 is 0 Å². The molecule has 208 valence electrons. The lowest BCUT2D eigenvalue weighted by molar-refractivity contribution is 0.360. The minimum Gasteiger partial charge on any atom is -0.449 e. The van der Waals surface area contributed by atoms with Gasteiger partial charge in [0.1, 0.15) is 0 Å². The molecular formula is C37H23N5O2. The Morgan fingerprint density at radius 3 is 1.32 bits per heavy atom. The van der Waals surface area contributed by atoms with Crippen LogP contribution in [0.2, 0.25) is 0 Å². The number of pyridine rings is 2. The Kier molecular flexibility index (Phi) is 6.31. The highest BCUT2D eigenvalue weighted by atomic mass is 16.6. The maximum atomic E-state index is 6.49. The summed E-state index contributed by atoms with van der Waals surface area (Å²) in [6.45, 7) is 0. The number of rotatable bonds is 5. The molecule has 0 saturated carbocycles. The molecule has 0 N–H and O–H groups in total. The first-order valence-corrected chi connectivity index (χ1v) is 14.1. The second-order valence-corrected chi connectivity index (χ2v) is 10.2. The summed E-state index contributed by atoms with van der Waals surface area (Å²) in [5.74, 6) is 4.13. The third kappa shape index (κ3) is 4.82. The smallest absolute Gasteiger partial charge is 0.170 e. The third-order valence-corrected chi connectivity index (χ3v) is 7.37. The molecule has 0 fully saturated rings. The highest BCUT2D eigenvalue weighted by Gasteiger charge is 2.24. The Morgan fingerprint density at radius 1 is 0.364 bits per heavy atom. The Balaban J connectivity index is 1.22. The maximum absolute atomic E-state index is 6.49. The van der Waals surface area contributed by atoms with Crippen LogP contribution in [0.3, 0.4) is 0 Å². The van der Waals surface area contributed by atoms with Gasteiger partial charge in [0.15, 0.2) is 40.5 Å². The van der Waals surface area contributed by atoms with Crippen molar-refractivity contribution in [3.63, 3.8) is 0 Å². The molecule has 7 heteroatoms. The van der Waals surface area contributed by atoms with Gasteiger partial charge >= 0.3 is 0 Å². The van der Waals surface area contributed by atoms with Crippen molar-refractivity contribution in [1.82, 2.24) is 24.9 Å². The molecule has 1 aliphatic heterocycles. The van der Waals surface area contributed by atoms with Crippen LogP contribution in [0.1, 0.15) is 0 Å². The van der Waals surface area contributed by atoms with Crippen molar-refractivity contribution in [2.24, 2.45) is 0 Å². The van der Waals surface area contributed by atoms with E-state index in [4.69, 9.17) is 24.4 Å². The molecule has 0 amide bonds. The quantitative estimate of drug-likeness (QED) is 0.205. The Hall–Kier alpha value is -6.21. The van der Waals surface area contributed by atoms with Crippen LogP contribution in [-0.2, 0) is 0 Å². The van der Waals surface area contributed by atoms with Gasteiger partial charge in [-0.2, -0.15) is 0 Å². The van der Waals surface area contributed by atoms with Crippen molar-refractivity contribution < 1.29 is 9.47 Å². The molecule has 0 aliphatic carbocycles. The first kappa shape index (κ1) is 25.5. The fraction of sp³-hybridized carbons (Fsp3) is 0. The molecular weight excluding hydrogens is 546 g/mol. The molecule has 7 aromatic rings. The molecule has 0 spiro atoms. The Labute approximate surface area is 253 Å². The topological polar surface area (TPSA) is 82.9 Å². The highest BCUT2D eigenvalue weighted by Crippen LogP contribution is 2.50. The summed E-state index contributed by atoms with van der Waals surface area (Å²) >= 11 is 0. The van der Waals surface area contributed by atoms with Crippen molar-refractivity contribution in [2.75, 3.05) is 0 Å². The standard InChI is InChI=1S/C37H23N5O2/c1-3-9-24(10-4-1)35-40-36(25-11-5-2-6-12-25)42-37(41-35)26-15-16-31-32(19-26)44-34-21-30(28-14-8-18-39-23-28)29(20-33(34)43-31)27-13-7-17-38-22-27/h1-23H. The lowest BCUT2D eigenvalue weighted by Gasteiger charge is -2.23.